The molecule has 2 amide bonds. The summed E-state index contributed by atoms with van der Waals surface area (Å²) in [6.45, 7) is 2.62. The van der Waals surface area contributed by atoms with Crippen LogP contribution >= 0.6 is 0 Å². The van der Waals surface area contributed by atoms with Gasteiger partial charge < -0.3 is 15.4 Å². The van der Waals surface area contributed by atoms with Gasteiger partial charge in [0.1, 0.15) is 12.1 Å². The largest absolute Gasteiger partial charge is 0.494 e. The van der Waals surface area contributed by atoms with Gasteiger partial charge in [0.15, 0.2) is 0 Å². The summed E-state index contributed by atoms with van der Waals surface area (Å²) in [6.07, 6.45) is 6.92. The van der Waals surface area contributed by atoms with Crippen molar-refractivity contribution < 1.29 is 14.3 Å². The average Bonchev–Trinajstić information content (AvgIpc) is 2.79. The molecule has 30 heavy (non-hydrogen) atoms. The minimum Gasteiger partial charge on any atom is -0.494 e. The number of rotatable bonds is 9. The van der Waals surface area contributed by atoms with Gasteiger partial charge in [-0.15, -0.1) is 0 Å². The van der Waals surface area contributed by atoms with Gasteiger partial charge >= 0.3 is 0 Å². The van der Waals surface area contributed by atoms with Crippen molar-refractivity contribution in [2.45, 2.75) is 19.8 Å². The van der Waals surface area contributed by atoms with Crippen LogP contribution in [-0.2, 0) is 4.79 Å². The van der Waals surface area contributed by atoms with E-state index in [0.29, 0.717) is 17.9 Å². The molecule has 0 fully saturated rings. The van der Waals surface area contributed by atoms with Crippen molar-refractivity contribution in [1.29, 1.82) is 0 Å². The number of hydrogen-bond acceptors (Lipinski definition) is 5. The topological polar surface area (TPSA) is 93.2 Å². The number of anilines is 1. The zero-order chi connectivity index (χ0) is 21.2. The second-order valence-electron chi connectivity index (χ2n) is 6.67. The highest BCUT2D eigenvalue weighted by atomic mass is 16.5. The second-order valence-corrected chi connectivity index (χ2v) is 6.67. The van der Waals surface area contributed by atoms with Crippen LogP contribution in [0, 0.1) is 0 Å². The Labute approximate surface area is 175 Å². The van der Waals surface area contributed by atoms with E-state index in [1.54, 1.807) is 42.7 Å². The fourth-order valence-electron chi connectivity index (χ4n) is 2.73. The normalized spacial score (nSPS) is 10.3. The van der Waals surface area contributed by atoms with Crippen LogP contribution in [0.3, 0.4) is 0 Å². The lowest BCUT2D eigenvalue weighted by Crippen LogP contribution is -2.32. The van der Waals surface area contributed by atoms with Gasteiger partial charge in [-0.05, 0) is 48.4 Å². The first-order valence-electron chi connectivity index (χ1n) is 9.82. The number of amides is 2. The number of benzene rings is 2. The van der Waals surface area contributed by atoms with Crippen molar-refractivity contribution in [2.24, 2.45) is 0 Å². The highest BCUT2D eigenvalue weighted by Gasteiger charge is 2.09. The van der Waals surface area contributed by atoms with Gasteiger partial charge in [-0.25, -0.2) is 9.97 Å². The van der Waals surface area contributed by atoms with Crippen LogP contribution in [0.5, 0.6) is 5.75 Å². The molecule has 2 aromatic carbocycles. The third-order valence-electron chi connectivity index (χ3n) is 4.33. The standard InChI is InChI=1S/C23H24N4O3/c1-2-3-11-30-21-9-7-17(8-10-21)23(29)26-15-22(28)27-20-6-4-5-18(12-20)19-13-24-16-25-14-19/h4-10,12-14,16H,2-3,11,15H2,1H3,(H,26,29)(H,27,28). The molecule has 0 saturated heterocycles. The molecule has 0 radical (unpaired) electrons. The molecule has 7 nitrogen and oxygen atoms in total. The molecule has 154 valence electrons. The van der Waals surface area contributed by atoms with Crippen LogP contribution in [0.4, 0.5) is 5.69 Å². The molecule has 0 spiro atoms. The molecule has 7 heteroatoms. The van der Waals surface area contributed by atoms with Crippen molar-refractivity contribution in [3.63, 3.8) is 0 Å². The molecule has 0 aliphatic heterocycles. The monoisotopic (exact) mass is 404 g/mol. The maximum Gasteiger partial charge on any atom is 0.251 e. The number of nitrogens with zero attached hydrogens (tertiary/aromatic N) is 2. The Kier molecular flexibility index (Phi) is 7.49. The molecular formula is C23H24N4O3. The van der Waals surface area contributed by atoms with Crippen LogP contribution < -0.4 is 15.4 Å². The van der Waals surface area contributed by atoms with Gasteiger partial charge in [0.25, 0.3) is 5.91 Å². The number of carbonyl (C=O) groups excluding carboxylic acids is 2. The van der Waals surface area contributed by atoms with Crippen molar-refractivity contribution in [2.75, 3.05) is 18.5 Å². The minimum atomic E-state index is -0.319. The molecule has 3 aromatic rings. The molecule has 0 atom stereocenters. The summed E-state index contributed by atoms with van der Waals surface area (Å²) in [4.78, 5) is 32.5. The van der Waals surface area contributed by atoms with E-state index < -0.39 is 0 Å². The van der Waals surface area contributed by atoms with E-state index >= 15 is 0 Å². The molecule has 3 rings (SSSR count). The van der Waals surface area contributed by atoms with Gasteiger partial charge in [0, 0.05) is 29.2 Å². The summed E-state index contributed by atoms with van der Waals surface area (Å²) >= 11 is 0. The maximum absolute atomic E-state index is 12.3. The van der Waals surface area contributed by atoms with Crippen molar-refractivity contribution in [1.82, 2.24) is 15.3 Å². The summed E-state index contributed by atoms with van der Waals surface area (Å²) in [7, 11) is 0. The highest BCUT2D eigenvalue weighted by molar-refractivity contribution is 5.99. The fraction of sp³-hybridized carbons (Fsp3) is 0.217. The van der Waals surface area contributed by atoms with Gasteiger partial charge in [0.05, 0.1) is 13.2 Å². The number of nitrogens with one attached hydrogen (secondary N) is 2. The lowest BCUT2D eigenvalue weighted by Gasteiger charge is -2.09. The van der Waals surface area contributed by atoms with Gasteiger partial charge in [-0.1, -0.05) is 25.5 Å². The molecule has 1 aromatic heterocycles. The molecule has 0 aliphatic rings. The summed E-state index contributed by atoms with van der Waals surface area (Å²) in [5, 5.41) is 5.41. The SMILES string of the molecule is CCCCOc1ccc(C(=O)NCC(=O)Nc2cccc(-c3cncnc3)c2)cc1. The Hall–Kier alpha value is -3.74. The minimum absolute atomic E-state index is 0.133. The van der Waals surface area contributed by atoms with Crippen LogP contribution in [0.25, 0.3) is 11.1 Å². The quantitative estimate of drug-likeness (QED) is 0.531. The molecule has 0 unspecified atom stereocenters. The number of unbranched alkanes of at least 4 members (excludes halogenated alkanes) is 1. The summed E-state index contributed by atoms with van der Waals surface area (Å²) in [5.74, 6) is 0.0891. The van der Waals surface area contributed by atoms with E-state index in [0.717, 1.165) is 29.7 Å². The Bertz CT molecular complexity index is 975. The zero-order valence-corrected chi connectivity index (χ0v) is 16.8. The summed E-state index contributed by atoms with van der Waals surface area (Å²) in [5.41, 5.74) is 2.84. The van der Waals surface area contributed by atoms with E-state index in [9.17, 15) is 9.59 Å². The van der Waals surface area contributed by atoms with E-state index in [2.05, 4.69) is 27.5 Å². The molecule has 2 N–H and O–H groups in total. The Morgan fingerprint density at radius 3 is 2.50 bits per heavy atom. The first kappa shape index (κ1) is 21.0. The first-order valence-corrected chi connectivity index (χ1v) is 9.82. The van der Waals surface area contributed by atoms with E-state index in [1.807, 2.05) is 18.2 Å². The third kappa shape index (κ3) is 6.13. The number of aromatic nitrogens is 2. The smallest absolute Gasteiger partial charge is 0.251 e. The molecule has 0 bridgehead atoms. The van der Waals surface area contributed by atoms with E-state index in [-0.39, 0.29) is 18.4 Å². The van der Waals surface area contributed by atoms with Gasteiger partial charge in [0.2, 0.25) is 5.91 Å². The van der Waals surface area contributed by atoms with Crippen molar-refractivity contribution in [3.8, 4) is 16.9 Å². The van der Waals surface area contributed by atoms with Gasteiger partial charge in [-0.3, -0.25) is 9.59 Å². The first-order chi connectivity index (χ1) is 14.7. The van der Waals surface area contributed by atoms with E-state index in [1.165, 1.54) is 6.33 Å². The van der Waals surface area contributed by atoms with Crippen LogP contribution in [0.2, 0.25) is 0 Å². The van der Waals surface area contributed by atoms with Crippen LogP contribution in [0.15, 0.2) is 67.3 Å². The fourth-order valence-corrected chi connectivity index (χ4v) is 2.73. The molecular weight excluding hydrogens is 380 g/mol. The Morgan fingerprint density at radius 2 is 1.77 bits per heavy atom. The molecule has 0 saturated carbocycles. The average molecular weight is 404 g/mol. The van der Waals surface area contributed by atoms with E-state index in [4.69, 9.17) is 4.74 Å². The highest BCUT2D eigenvalue weighted by Crippen LogP contribution is 2.21. The Balaban J connectivity index is 1.50. The Morgan fingerprint density at radius 1 is 1.00 bits per heavy atom. The number of ether oxygens (including phenoxy) is 1. The van der Waals surface area contributed by atoms with Crippen molar-refractivity contribution >= 4 is 17.5 Å². The maximum atomic E-state index is 12.3. The number of carbonyl (C=O) groups is 2. The lowest BCUT2D eigenvalue weighted by molar-refractivity contribution is -0.115. The van der Waals surface area contributed by atoms with Crippen molar-refractivity contribution in [3.05, 3.63) is 72.8 Å². The summed E-state index contributed by atoms with van der Waals surface area (Å²) < 4.78 is 5.58. The zero-order valence-electron chi connectivity index (χ0n) is 16.8. The second kappa shape index (κ2) is 10.7. The van der Waals surface area contributed by atoms with Crippen LogP contribution in [0.1, 0.15) is 30.1 Å². The summed E-state index contributed by atoms with van der Waals surface area (Å²) in [6, 6.07) is 14.2. The van der Waals surface area contributed by atoms with Gasteiger partial charge in [-0.2, -0.15) is 0 Å². The lowest BCUT2D eigenvalue weighted by atomic mass is 10.1. The molecule has 1 heterocycles. The van der Waals surface area contributed by atoms with Crippen LogP contribution in [-0.4, -0.2) is 34.9 Å². The predicted molar refractivity (Wildman–Crippen MR) is 115 cm³/mol. The third-order valence-corrected chi connectivity index (χ3v) is 4.33. The predicted octanol–water partition coefficient (Wildman–Crippen LogP) is 3.69. The number of hydrogen-bond donors (Lipinski definition) is 2. The molecule has 0 aliphatic carbocycles.